The normalized spacial score (nSPS) is 10.3. The molecule has 0 heterocycles. The van der Waals surface area contributed by atoms with E-state index in [2.05, 4.69) is 10.6 Å². The molecule has 3 aromatic rings. The first kappa shape index (κ1) is 18.6. The Hall–Kier alpha value is -3.18. The molecule has 0 spiro atoms. The first-order valence-electron chi connectivity index (χ1n) is 8.21. The van der Waals surface area contributed by atoms with Crippen LogP contribution in [0.5, 0.6) is 0 Å². The second-order valence-electron chi connectivity index (χ2n) is 5.81. The molecular weight excluding hydrogens is 367 g/mol. The van der Waals surface area contributed by atoms with Crippen LogP contribution in [0.15, 0.2) is 72.8 Å². The number of amides is 2. The summed E-state index contributed by atoms with van der Waals surface area (Å²) in [4.78, 5) is 24.5. The molecule has 0 aliphatic carbocycles. The number of carbonyl (C=O) groups excluding carboxylic acids is 2. The van der Waals surface area contributed by atoms with E-state index in [1.807, 2.05) is 18.2 Å². The molecule has 0 saturated carbocycles. The molecule has 136 valence electrons. The highest BCUT2D eigenvalue weighted by Gasteiger charge is 2.10. The van der Waals surface area contributed by atoms with Gasteiger partial charge in [-0.15, -0.1) is 0 Å². The molecule has 2 N–H and O–H groups in total. The molecule has 0 saturated heterocycles. The zero-order valence-corrected chi connectivity index (χ0v) is 15.0. The van der Waals surface area contributed by atoms with Gasteiger partial charge in [-0.2, -0.15) is 0 Å². The highest BCUT2D eigenvalue weighted by Crippen LogP contribution is 2.15. The highest BCUT2D eigenvalue weighted by atomic mass is 35.5. The van der Waals surface area contributed by atoms with Crippen molar-refractivity contribution < 1.29 is 14.0 Å². The molecular formula is C21H16ClFN2O2. The van der Waals surface area contributed by atoms with Gasteiger partial charge in [0.1, 0.15) is 5.82 Å². The second kappa shape index (κ2) is 8.47. The van der Waals surface area contributed by atoms with Gasteiger partial charge in [0.15, 0.2) is 0 Å². The Kier molecular flexibility index (Phi) is 5.84. The molecule has 0 bridgehead atoms. The van der Waals surface area contributed by atoms with E-state index in [0.29, 0.717) is 28.4 Å². The number of nitrogens with one attached hydrogen (secondary N) is 2. The SMILES string of the molecule is O=C(NCc1ccccc1Cl)c1ccc(C(=O)Nc2ccc(F)cc2)cc1. The molecule has 0 aliphatic heterocycles. The van der Waals surface area contributed by atoms with E-state index in [0.717, 1.165) is 5.56 Å². The van der Waals surface area contributed by atoms with E-state index < -0.39 is 0 Å². The average molecular weight is 383 g/mol. The molecule has 0 unspecified atom stereocenters. The molecule has 27 heavy (non-hydrogen) atoms. The van der Waals surface area contributed by atoms with Gasteiger partial charge in [0.2, 0.25) is 0 Å². The summed E-state index contributed by atoms with van der Waals surface area (Å²) in [7, 11) is 0. The van der Waals surface area contributed by atoms with Gasteiger partial charge in [0, 0.05) is 28.4 Å². The van der Waals surface area contributed by atoms with E-state index in [4.69, 9.17) is 11.6 Å². The van der Waals surface area contributed by atoms with Crippen molar-refractivity contribution in [3.63, 3.8) is 0 Å². The zero-order chi connectivity index (χ0) is 19.2. The van der Waals surface area contributed by atoms with Crippen LogP contribution in [-0.2, 0) is 6.54 Å². The van der Waals surface area contributed by atoms with Crippen LogP contribution in [-0.4, -0.2) is 11.8 Å². The van der Waals surface area contributed by atoms with Crippen LogP contribution in [0.25, 0.3) is 0 Å². The summed E-state index contributed by atoms with van der Waals surface area (Å²) >= 11 is 6.07. The number of halogens is 2. The highest BCUT2D eigenvalue weighted by molar-refractivity contribution is 6.31. The average Bonchev–Trinajstić information content (AvgIpc) is 2.69. The summed E-state index contributed by atoms with van der Waals surface area (Å²) in [5, 5.41) is 6.05. The van der Waals surface area contributed by atoms with Crippen molar-refractivity contribution in [2.24, 2.45) is 0 Å². The summed E-state index contributed by atoms with van der Waals surface area (Å²) in [6, 6.07) is 19.0. The molecule has 0 aliphatic rings. The van der Waals surface area contributed by atoms with Crippen LogP contribution >= 0.6 is 11.6 Å². The van der Waals surface area contributed by atoms with Crippen LogP contribution in [0.3, 0.4) is 0 Å². The second-order valence-corrected chi connectivity index (χ2v) is 6.22. The first-order valence-corrected chi connectivity index (χ1v) is 8.59. The molecule has 3 aromatic carbocycles. The fourth-order valence-electron chi connectivity index (χ4n) is 2.43. The number of hydrogen-bond donors (Lipinski definition) is 2. The van der Waals surface area contributed by atoms with Crippen molar-refractivity contribution in [3.8, 4) is 0 Å². The predicted octanol–water partition coefficient (Wildman–Crippen LogP) is 4.66. The summed E-state index contributed by atoms with van der Waals surface area (Å²) < 4.78 is 12.9. The van der Waals surface area contributed by atoms with Crippen LogP contribution in [0, 0.1) is 5.82 Å². The number of rotatable bonds is 5. The van der Waals surface area contributed by atoms with Gasteiger partial charge >= 0.3 is 0 Å². The van der Waals surface area contributed by atoms with Crippen molar-refractivity contribution >= 4 is 29.1 Å². The molecule has 0 fully saturated rings. The number of carbonyl (C=O) groups is 2. The van der Waals surface area contributed by atoms with Crippen LogP contribution in [0.2, 0.25) is 5.02 Å². The Balaban J connectivity index is 1.60. The molecule has 0 atom stereocenters. The lowest BCUT2D eigenvalue weighted by molar-refractivity contribution is 0.0949. The summed E-state index contributed by atoms with van der Waals surface area (Å²) in [5.74, 6) is -0.981. The lowest BCUT2D eigenvalue weighted by atomic mass is 10.1. The van der Waals surface area contributed by atoms with E-state index in [1.165, 1.54) is 24.3 Å². The summed E-state index contributed by atoms with van der Waals surface area (Å²) in [5.41, 5.74) is 2.13. The van der Waals surface area contributed by atoms with Gasteiger partial charge in [-0.1, -0.05) is 29.8 Å². The minimum Gasteiger partial charge on any atom is -0.348 e. The van der Waals surface area contributed by atoms with Crippen molar-refractivity contribution in [3.05, 3.63) is 100 Å². The lowest BCUT2D eigenvalue weighted by Gasteiger charge is -2.08. The Morgan fingerprint density at radius 3 is 2.04 bits per heavy atom. The quantitative estimate of drug-likeness (QED) is 0.674. The largest absolute Gasteiger partial charge is 0.348 e. The zero-order valence-electron chi connectivity index (χ0n) is 14.2. The Morgan fingerprint density at radius 1 is 0.815 bits per heavy atom. The van der Waals surface area contributed by atoms with E-state index in [-0.39, 0.29) is 17.6 Å². The molecule has 4 nitrogen and oxygen atoms in total. The van der Waals surface area contributed by atoms with Gasteiger partial charge in [0.05, 0.1) is 0 Å². The third-order valence-electron chi connectivity index (χ3n) is 3.91. The molecule has 0 radical (unpaired) electrons. The maximum Gasteiger partial charge on any atom is 0.255 e. The maximum atomic E-state index is 12.9. The predicted molar refractivity (Wildman–Crippen MR) is 103 cm³/mol. The third-order valence-corrected chi connectivity index (χ3v) is 4.28. The maximum absolute atomic E-state index is 12.9. The van der Waals surface area contributed by atoms with Gasteiger partial charge in [-0.3, -0.25) is 9.59 Å². The standard InChI is InChI=1S/C21H16ClFN2O2/c22-19-4-2-1-3-16(19)13-24-20(26)14-5-7-15(8-6-14)21(27)25-18-11-9-17(23)10-12-18/h1-12H,13H2,(H,24,26)(H,25,27). The monoisotopic (exact) mass is 382 g/mol. The van der Waals surface area contributed by atoms with E-state index >= 15 is 0 Å². The van der Waals surface area contributed by atoms with Crippen LogP contribution in [0.4, 0.5) is 10.1 Å². The molecule has 3 rings (SSSR count). The topological polar surface area (TPSA) is 58.2 Å². The summed E-state index contributed by atoms with van der Waals surface area (Å²) in [6.07, 6.45) is 0. The van der Waals surface area contributed by atoms with E-state index in [1.54, 1.807) is 30.3 Å². The van der Waals surface area contributed by atoms with E-state index in [9.17, 15) is 14.0 Å². The number of hydrogen-bond acceptors (Lipinski definition) is 2. The van der Waals surface area contributed by atoms with Crippen molar-refractivity contribution in [2.75, 3.05) is 5.32 Å². The molecule has 0 aromatic heterocycles. The minimum atomic E-state index is -0.375. The van der Waals surface area contributed by atoms with Crippen LogP contribution in [0.1, 0.15) is 26.3 Å². The van der Waals surface area contributed by atoms with Gasteiger partial charge < -0.3 is 10.6 Å². The Bertz CT molecular complexity index is 957. The van der Waals surface area contributed by atoms with Crippen molar-refractivity contribution in [1.82, 2.24) is 5.32 Å². The minimum absolute atomic E-state index is 0.264. The van der Waals surface area contributed by atoms with Crippen molar-refractivity contribution in [2.45, 2.75) is 6.54 Å². The fourth-order valence-corrected chi connectivity index (χ4v) is 2.63. The van der Waals surface area contributed by atoms with Gasteiger partial charge in [0.25, 0.3) is 11.8 Å². The van der Waals surface area contributed by atoms with Crippen molar-refractivity contribution in [1.29, 1.82) is 0 Å². The first-order chi connectivity index (χ1) is 13.0. The van der Waals surface area contributed by atoms with Crippen LogP contribution < -0.4 is 10.6 Å². The van der Waals surface area contributed by atoms with Gasteiger partial charge in [-0.25, -0.2) is 4.39 Å². The third kappa shape index (κ3) is 4.92. The smallest absolute Gasteiger partial charge is 0.255 e. The summed E-state index contributed by atoms with van der Waals surface area (Å²) in [6.45, 7) is 0.311. The Labute approximate surface area is 161 Å². The molecule has 2 amide bonds. The Morgan fingerprint density at radius 2 is 1.41 bits per heavy atom. The number of anilines is 1. The fraction of sp³-hybridized carbons (Fsp3) is 0.0476. The number of benzene rings is 3. The molecule has 6 heteroatoms. The van der Waals surface area contributed by atoms with Gasteiger partial charge in [-0.05, 0) is 60.2 Å². The lowest BCUT2D eigenvalue weighted by Crippen LogP contribution is -2.23.